The zero-order chi connectivity index (χ0) is 13.9. The molecule has 2 heteroatoms. The van der Waals surface area contributed by atoms with E-state index in [9.17, 15) is 0 Å². The Morgan fingerprint density at radius 1 is 1.22 bits per heavy atom. The predicted molar refractivity (Wildman–Crippen MR) is 80.9 cm³/mol. The summed E-state index contributed by atoms with van der Waals surface area (Å²) in [5, 5.41) is 3.59. The predicted octanol–water partition coefficient (Wildman–Crippen LogP) is 3.94. The third-order valence-corrected chi connectivity index (χ3v) is 3.33. The summed E-state index contributed by atoms with van der Waals surface area (Å²) in [6.07, 6.45) is 8.56. The number of nitrogens with one attached hydrogen (secondary N) is 1. The first-order valence-corrected chi connectivity index (χ1v) is 7.17. The van der Waals surface area contributed by atoms with Crippen molar-refractivity contribution in [1.29, 1.82) is 0 Å². The van der Waals surface area contributed by atoms with Gasteiger partial charge in [-0.05, 0) is 38.5 Å². The van der Waals surface area contributed by atoms with Crippen molar-refractivity contribution < 1.29 is 4.74 Å². The molecule has 0 saturated carbocycles. The molecule has 0 fully saturated rings. The average Bonchev–Trinajstić information content (AvgIpc) is 2.35. The van der Waals surface area contributed by atoms with E-state index in [1.54, 1.807) is 0 Å². The number of ether oxygens (including phenoxy) is 1. The van der Waals surface area contributed by atoms with Crippen LogP contribution in [-0.2, 0) is 4.74 Å². The van der Waals surface area contributed by atoms with Crippen LogP contribution >= 0.6 is 0 Å². The van der Waals surface area contributed by atoms with E-state index in [0.29, 0.717) is 6.04 Å². The molecule has 0 bridgehead atoms. The Morgan fingerprint density at radius 3 is 2.28 bits per heavy atom. The molecule has 106 valence electrons. The Balaban J connectivity index is 4.36. The molecule has 1 atom stereocenters. The van der Waals surface area contributed by atoms with E-state index in [1.807, 2.05) is 19.1 Å². The maximum absolute atomic E-state index is 5.44. The van der Waals surface area contributed by atoms with Crippen molar-refractivity contribution in [2.75, 3.05) is 19.8 Å². The molecule has 0 amide bonds. The highest BCUT2D eigenvalue weighted by molar-refractivity contribution is 4.93. The van der Waals surface area contributed by atoms with Crippen LogP contribution in [0.25, 0.3) is 0 Å². The lowest BCUT2D eigenvalue weighted by molar-refractivity contribution is 0.120. The van der Waals surface area contributed by atoms with Gasteiger partial charge in [-0.15, -0.1) is 13.2 Å². The fourth-order valence-corrected chi connectivity index (χ4v) is 2.41. The number of hydrogen-bond acceptors (Lipinski definition) is 2. The lowest BCUT2D eigenvalue weighted by Crippen LogP contribution is -2.40. The highest BCUT2D eigenvalue weighted by Gasteiger charge is 2.26. The quantitative estimate of drug-likeness (QED) is 0.532. The average molecular weight is 253 g/mol. The molecular formula is C16H31NO. The van der Waals surface area contributed by atoms with Crippen LogP contribution in [0, 0.1) is 5.41 Å². The molecule has 0 aromatic rings. The maximum atomic E-state index is 5.44. The van der Waals surface area contributed by atoms with Gasteiger partial charge >= 0.3 is 0 Å². The number of hydrogen-bond donors (Lipinski definition) is 1. The molecule has 0 aliphatic rings. The summed E-state index contributed by atoms with van der Waals surface area (Å²) < 4.78 is 5.44. The summed E-state index contributed by atoms with van der Waals surface area (Å²) >= 11 is 0. The highest BCUT2D eigenvalue weighted by Crippen LogP contribution is 2.32. The van der Waals surface area contributed by atoms with Crippen molar-refractivity contribution in [3.05, 3.63) is 25.3 Å². The Hall–Kier alpha value is -0.600. The first-order valence-electron chi connectivity index (χ1n) is 7.17. The fourth-order valence-electron chi connectivity index (χ4n) is 2.41. The normalized spacial score (nSPS) is 13.3. The van der Waals surface area contributed by atoms with Crippen molar-refractivity contribution >= 4 is 0 Å². The minimum absolute atomic E-state index is 0.277. The van der Waals surface area contributed by atoms with E-state index < -0.39 is 0 Å². The highest BCUT2D eigenvalue weighted by atomic mass is 16.5. The van der Waals surface area contributed by atoms with E-state index in [2.05, 4.69) is 32.3 Å². The molecule has 1 N–H and O–H groups in total. The molecule has 0 aromatic carbocycles. The third-order valence-electron chi connectivity index (χ3n) is 3.33. The maximum Gasteiger partial charge on any atom is 0.0616 e. The van der Waals surface area contributed by atoms with Crippen LogP contribution < -0.4 is 5.32 Å². The van der Waals surface area contributed by atoms with Gasteiger partial charge in [-0.2, -0.15) is 0 Å². The first-order chi connectivity index (χ1) is 8.64. The number of allylic oxidation sites excluding steroid dienone is 2. The monoisotopic (exact) mass is 253 g/mol. The van der Waals surface area contributed by atoms with Crippen LogP contribution in [0.2, 0.25) is 0 Å². The van der Waals surface area contributed by atoms with Gasteiger partial charge in [0.15, 0.2) is 0 Å². The van der Waals surface area contributed by atoms with Gasteiger partial charge in [-0.25, -0.2) is 0 Å². The molecular weight excluding hydrogens is 222 g/mol. The molecule has 2 nitrogen and oxygen atoms in total. The SMILES string of the molecule is C=CCC(CC=C)(CCC)CNC(C)COCC. The summed E-state index contributed by atoms with van der Waals surface area (Å²) in [5.74, 6) is 0. The van der Waals surface area contributed by atoms with E-state index in [1.165, 1.54) is 12.8 Å². The lowest BCUT2D eigenvalue weighted by Gasteiger charge is -2.33. The molecule has 0 heterocycles. The van der Waals surface area contributed by atoms with Crippen molar-refractivity contribution in [2.24, 2.45) is 5.41 Å². The molecule has 0 saturated heterocycles. The molecule has 0 radical (unpaired) electrons. The smallest absolute Gasteiger partial charge is 0.0616 e. The third kappa shape index (κ3) is 6.97. The molecule has 0 aromatic heterocycles. The second-order valence-corrected chi connectivity index (χ2v) is 5.18. The Morgan fingerprint density at radius 2 is 1.83 bits per heavy atom. The summed E-state index contributed by atoms with van der Waals surface area (Å²) in [6.45, 7) is 16.8. The Bertz CT molecular complexity index is 215. The minimum Gasteiger partial charge on any atom is -0.380 e. The molecule has 0 aliphatic heterocycles. The lowest BCUT2D eigenvalue weighted by atomic mass is 9.77. The van der Waals surface area contributed by atoms with Gasteiger partial charge in [0, 0.05) is 19.2 Å². The van der Waals surface area contributed by atoms with Gasteiger partial charge in [-0.1, -0.05) is 25.5 Å². The van der Waals surface area contributed by atoms with Gasteiger partial charge in [0.25, 0.3) is 0 Å². The number of rotatable bonds is 12. The summed E-state index contributed by atoms with van der Waals surface area (Å²) in [5.41, 5.74) is 0.277. The Labute approximate surface area is 113 Å². The largest absolute Gasteiger partial charge is 0.380 e. The topological polar surface area (TPSA) is 21.3 Å². The van der Waals surface area contributed by atoms with Crippen LogP contribution in [0.5, 0.6) is 0 Å². The van der Waals surface area contributed by atoms with Gasteiger partial charge in [0.1, 0.15) is 0 Å². The molecule has 0 spiro atoms. The zero-order valence-corrected chi connectivity index (χ0v) is 12.5. The van der Waals surface area contributed by atoms with E-state index in [4.69, 9.17) is 4.74 Å². The molecule has 18 heavy (non-hydrogen) atoms. The summed E-state index contributed by atoms with van der Waals surface area (Å²) in [6, 6.07) is 0.399. The van der Waals surface area contributed by atoms with Crippen LogP contribution in [0.1, 0.15) is 46.5 Å². The van der Waals surface area contributed by atoms with Crippen LogP contribution in [0.15, 0.2) is 25.3 Å². The standard InChI is InChI=1S/C16H31NO/c1-6-10-16(11-7-2,12-8-3)14-17-15(5)13-18-9-4/h6-7,15,17H,1-2,8-14H2,3-5H3. The van der Waals surface area contributed by atoms with E-state index in [-0.39, 0.29) is 5.41 Å². The van der Waals surface area contributed by atoms with Crippen molar-refractivity contribution in [3.63, 3.8) is 0 Å². The van der Waals surface area contributed by atoms with Gasteiger partial charge < -0.3 is 10.1 Å². The first kappa shape index (κ1) is 17.4. The second-order valence-electron chi connectivity index (χ2n) is 5.18. The fraction of sp³-hybridized carbons (Fsp3) is 0.750. The van der Waals surface area contributed by atoms with Crippen molar-refractivity contribution in [2.45, 2.75) is 52.5 Å². The van der Waals surface area contributed by atoms with Crippen LogP contribution in [0.3, 0.4) is 0 Å². The van der Waals surface area contributed by atoms with Crippen molar-refractivity contribution in [3.8, 4) is 0 Å². The van der Waals surface area contributed by atoms with Gasteiger partial charge in [0.05, 0.1) is 6.61 Å². The van der Waals surface area contributed by atoms with E-state index in [0.717, 1.165) is 32.6 Å². The van der Waals surface area contributed by atoms with Crippen LogP contribution in [-0.4, -0.2) is 25.8 Å². The van der Waals surface area contributed by atoms with Gasteiger partial charge in [0.2, 0.25) is 0 Å². The van der Waals surface area contributed by atoms with Crippen LogP contribution in [0.4, 0.5) is 0 Å². The Kier molecular flexibility index (Phi) is 9.99. The molecule has 0 rings (SSSR count). The summed E-state index contributed by atoms with van der Waals surface area (Å²) in [4.78, 5) is 0. The zero-order valence-electron chi connectivity index (χ0n) is 12.5. The second kappa shape index (κ2) is 10.3. The van der Waals surface area contributed by atoms with E-state index >= 15 is 0 Å². The molecule has 0 aliphatic carbocycles. The van der Waals surface area contributed by atoms with Gasteiger partial charge in [-0.3, -0.25) is 0 Å². The molecule has 1 unspecified atom stereocenters. The summed E-state index contributed by atoms with van der Waals surface area (Å²) in [7, 11) is 0. The van der Waals surface area contributed by atoms with Crippen molar-refractivity contribution in [1.82, 2.24) is 5.32 Å². The minimum atomic E-state index is 0.277.